The second-order valence-electron chi connectivity index (χ2n) is 7.22. The molecule has 0 heterocycles. The number of nitrogens with two attached hydrogens (primary N) is 1. The lowest BCUT2D eigenvalue weighted by Crippen LogP contribution is -2.45. The summed E-state index contributed by atoms with van der Waals surface area (Å²) in [6, 6.07) is 11.0. The molecular formula is C19H25N. The lowest BCUT2D eigenvalue weighted by molar-refractivity contribution is -0.0120. The molecule has 4 saturated carbocycles. The molecule has 4 aliphatic carbocycles. The topological polar surface area (TPSA) is 26.0 Å². The highest BCUT2D eigenvalue weighted by Gasteiger charge is 2.49. The molecule has 0 aliphatic heterocycles. The molecule has 0 spiro atoms. The van der Waals surface area contributed by atoms with E-state index in [1.54, 1.807) is 5.57 Å². The zero-order chi connectivity index (χ0) is 13.5. The third-order valence-electron chi connectivity index (χ3n) is 6.03. The van der Waals surface area contributed by atoms with Crippen LogP contribution in [-0.2, 0) is 0 Å². The molecule has 2 N–H and O–H groups in total. The summed E-state index contributed by atoms with van der Waals surface area (Å²) >= 11 is 0. The summed E-state index contributed by atoms with van der Waals surface area (Å²) in [5.74, 6) is 4.74. The Hall–Kier alpha value is -1.08. The van der Waals surface area contributed by atoms with Crippen LogP contribution in [0.1, 0.15) is 37.7 Å². The van der Waals surface area contributed by atoms with Crippen molar-refractivity contribution in [3.63, 3.8) is 0 Å². The molecule has 0 saturated heterocycles. The van der Waals surface area contributed by atoms with E-state index in [-0.39, 0.29) is 0 Å². The van der Waals surface area contributed by atoms with Crippen molar-refractivity contribution in [3.05, 3.63) is 42.0 Å². The quantitative estimate of drug-likeness (QED) is 0.876. The van der Waals surface area contributed by atoms with Crippen molar-refractivity contribution in [2.24, 2.45) is 35.3 Å². The SMILES string of the molecule is NC/C=C(/c1ccccc1)C1C2CC3CC(C2)CC1C3. The van der Waals surface area contributed by atoms with E-state index in [4.69, 9.17) is 5.73 Å². The van der Waals surface area contributed by atoms with E-state index in [1.165, 1.54) is 37.7 Å². The van der Waals surface area contributed by atoms with Crippen LogP contribution in [0.3, 0.4) is 0 Å². The van der Waals surface area contributed by atoms with E-state index in [0.29, 0.717) is 6.54 Å². The minimum absolute atomic E-state index is 0.674. The van der Waals surface area contributed by atoms with Crippen LogP contribution in [0.4, 0.5) is 0 Å². The molecule has 20 heavy (non-hydrogen) atoms. The molecule has 106 valence electrons. The number of allylic oxidation sites excluding steroid dienone is 1. The van der Waals surface area contributed by atoms with Crippen molar-refractivity contribution in [2.75, 3.05) is 6.54 Å². The molecule has 0 radical (unpaired) electrons. The van der Waals surface area contributed by atoms with E-state index >= 15 is 0 Å². The van der Waals surface area contributed by atoms with Crippen LogP contribution >= 0.6 is 0 Å². The fraction of sp³-hybridized carbons (Fsp3) is 0.579. The Labute approximate surface area is 122 Å². The van der Waals surface area contributed by atoms with E-state index < -0.39 is 0 Å². The summed E-state index contributed by atoms with van der Waals surface area (Å²) in [5.41, 5.74) is 8.85. The molecule has 5 rings (SSSR count). The van der Waals surface area contributed by atoms with Crippen molar-refractivity contribution >= 4 is 5.57 Å². The van der Waals surface area contributed by atoms with E-state index in [1.807, 2.05) is 0 Å². The summed E-state index contributed by atoms with van der Waals surface area (Å²) in [5, 5.41) is 0. The molecule has 1 heteroatoms. The van der Waals surface area contributed by atoms with Gasteiger partial charge in [0.2, 0.25) is 0 Å². The first-order valence-corrected chi connectivity index (χ1v) is 8.30. The second kappa shape index (κ2) is 5.04. The molecule has 4 bridgehead atoms. The van der Waals surface area contributed by atoms with E-state index in [9.17, 15) is 0 Å². The van der Waals surface area contributed by atoms with E-state index in [2.05, 4.69) is 36.4 Å². The Balaban J connectivity index is 1.69. The minimum atomic E-state index is 0.674. The number of benzene rings is 1. The standard InChI is InChI=1S/C19H25N/c20-7-6-18(15-4-2-1-3-5-15)19-16-9-13-8-14(11-16)12-17(19)10-13/h1-6,13-14,16-17,19H,7-12,20H2/b18-6-. The van der Waals surface area contributed by atoms with Crippen molar-refractivity contribution < 1.29 is 0 Å². The Kier molecular flexibility index (Phi) is 3.18. The highest BCUT2D eigenvalue weighted by molar-refractivity contribution is 5.68. The molecule has 1 aromatic rings. The summed E-state index contributed by atoms with van der Waals surface area (Å²) < 4.78 is 0. The average molecular weight is 267 g/mol. The van der Waals surface area contributed by atoms with Crippen LogP contribution < -0.4 is 5.73 Å². The van der Waals surface area contributed by atoms with Gasteiger partial charge in [-0.25, -0.2) is 0 Å². The Bertz CT molecular complexity index is 474. The molecule has 0 aromatic heterocycles. The number of hydrogen-bond donors (Lipinski definition) is 1. The third kappa shape index (κ3) is 2.03. The molecular weight excluding hydrogens is 242 g/mol. The zero-order valence-electron chi connectivity index (χ0n) is 12.2. The largest absolute Gasteiger partial charge is 0.327 e. The van der Waals surface area contributed by atoms with Gasteiger partial charge in [0, 0.05) is 6.54 Å². The first-order chi connectivity index (χ1) is 9.85. The predicted octanol–water partition coefficient (Wildman–Crippen LogP) is 4.10. The van der Waals surface area contributed by atoms with Gasteiger partial charge < -0.3 is 5.73 Å². The maximum atomic E-state index is 5.88. The summed E-state index contributed by atoms with van der Waals surface area (Å²) in [6.07, 6.45) is 9.75. The van der Waals surface area contributed by atoms with Crippen molar-refractivity contribution in [3.8, 4) is 0 Å². The monoisotopic (exact) mass is 267 g/mol. The fourth-order valence-electron chi connectivity index (χ4n) is 5.64. The van der Waals surface area contributed by atoms with Crippen LogP contribution in [0.25, 0.3) is 5.57 Å². The highest BCUT2D eigenvalue weighted by atomic mass is 14.6. The third-order valence-corrected chi connectivity index (χ3v) is 6.03. The van der Waals surface area contributed by atoms with Gasteiger partial charge in [-0.15, -0.1) is 0 Å². The smallest absolute Gasteiger partial charge is 0.0112 e. The van der Waals surface area contributed by atoms with Crippen LogP contribution in [0.2, 0.25) is 0 Å². The lowest BCUT2D eigenvalue weighted by atomic mass is 9.50. The van der Waals surface area contributed by atoms with Gasteiger partial charge in [0.15, 0.2) is 0 Å². The Morgan fingerprint density at radius 3 is 2.10 bits per heavy atom. The van der Waals surface area contributed by atoms with Gasteiger partial charge in [-0.3, -0.25) is 0 Å². The normalized spacial score (nSPS) is 39.2. The van der Waals surface area contributed by atoms with Gasteiger partial charge in [0.25, 0.3) is 0 Å². The predicted molar refractivity (Wildman–Crippen MR) is 84.0 cm³/mol. The molecule has 0 amide bonds. The van der Waals surface area contributed by atoms with Crippen LogP contribution in [-0.4, -0.2) is 6.54 Å². The number of hydrogen-bond acceptors (Lipinski definition) is 1. The molecule has 0 unspecified atom stereocenters. The fourth-order valence-corrected chi connectivity index (χ4v) is 5.64. The first kappa shape index (κ1) is 12.6. The van der Waals surface area contributed by atoms with Gasteiger partial charge in [0.1, 0.15) is 0 Å². The first-order valence-electron chi connectivity index (χ1n) is 8.30. The Morgan fingerprint density at radius 2 is 1.55 bits per heavy atom. The zero-order valence-corrected chi connectivity index (χ0v) is 12.2. The van der Waals surface area contributed by atoms with Gasteiger partial charge in [-0.1, -0.05) is 36.4 Å². The second-order valence-corrected chi connectivity index (χ2v) is 7.22. The minimum Gasteiger partial charge on any atom is -0.327 e. The maximum absolute atomic E-state index is 5.88. The van der Waals surface area contributed by atoms with Gasteiger partial charge in [0.05, 0.1) is 0 Å². The van der Waals surface area contributed by atoms with Crippen molar-refractivity contribution in [1.82, 2.24) is 0 Å². The summed E-state index contributed by atoms with van der Waals surface area (Å²) in [4.78, 5) is 0. The average Bonchev–Trinajstić information content (AvgIpc) is 2.46. The van der Waals surface area contributed by atoms with Crippen molar-refractivity contribution in [1.29, 1.82) is 0 Å². The van der Waals surface area contributed by atoms with Crippen LogP contribution in [0.15, 0.2) is 36.4 Å². The lowest BCUT2D eigenvalue weighted by Gasteiger charge is -2.55. The molecule has 4 aliphatic rings. The maximum Gasteiger partial charge on any atom is 0.0112 e. The summed E-state index contributed by atoms with van der Waals surface area (Å²) in [7, 11) is 0. The van der Waals surface area contributed by atoms with Gasteiger partial charge >= 0.3 is 0 Å². The van der Waals surface area contributed by atoms with Crippen molar-refractivity contribution in [2.45, 2.75) is 32.1 Å². The molecule has 4 fully saturated rings. The van der Waals surface area contributed by atoms with E-state index in [0.717, 1.165) is 29.6 Å². The molecule has 1 aromatic carbocycles. The molecule has 1 nitrogen and oxygen atoms in total. The van der Waals surface area contributed by atoms with Crippen LogP contribution in [0, 0.1) is 29.6 Å². The van der Waals surface area contributed by atoms with Crippen LogP contribution in [0.5, 0.6) is 0 Å². The molecule has 0 atom stereocenters. The highest BCUT2D eigenvalue weighted by Crippen LogP contribution is 2.59. The summed E-state index contributed by atoms with van der Waals surface area (Å²) in [6.45, 7) is 0.674. The van der Waals surface area contributed by atoms with Gasteiger partial charge in [-0.05, 0) is 72.8 Å². The van der Waals surface area contributed by atoms with Gasteiger partial charge in [-0.2, -0.15) is 0 Å². The Morgan fingerprint density at radius 1 is 0.950 bits per heavy atom. The number of rotatable bonds is 3.